The van der Waals surface area contributed by atoms with Crippen LogP contribution in [0, 0.1) is 0 Å². The molecule has 0 aliphatic heterocycles. The number of anilines is 4. The molecule has 2 N–H and O–H groups in total. The van der Waals surface area contributed by atoms with E-state index in [4.69, 9.17) is 4.74 Å². The molecule has 0 aliphatic carbocycles. The highest BCUT2D eigenvalue weighted by atomic mass is 19.4. The van der Waals surface area contributed by atoms with Gasteiger partial charge in [-0.15, -0.1) is 0 Å². The zero-order chi connectivity index (χ0) is 29.7. The van der Waals surface area contributed by atoms with Gasteiger partial charge in [-0.2, -0.15) is 13.2 Å². The number of carbonyl (C=O) groups is 1. The molecule has 0 spiro atoms. The summed E-state index contributed by atoms with van der Waals surface area (Å²) in [5.41, 5.74) is 3.35. The van der Waals surface area contributed by atoms with E-state index >= 15 is 0 Å². The number of halogens is 3. The van der Waals surface area contributed by atoms with Gasteiger partial charge in [-0.25, -0.2) is 9.97 Å². The normalized spacial score (nSPS) is 11.6. The lowest BCUT2D eigenvalue weighted by Gasteiger charge is -2.26. The van der Waals surface area contributed by atoms with Gasteiger partial charge in [0.15, 0.2) is 0 Å². The van der Waals surface area contributed by atoms with Crippen molar-refractivity contribution in [3.05, 3.63) is 54.9 Å². The van der Waals surface area contributed by atoms with Gasteiger partial charge < -0.3 is 29.7 Å². The number of hydrogen-bond donors (Lipinski definition) is 2. The number of fused-ring (bicyclic) bond motifs is 1. The van der Waals surface area contributed by atoms with E-state index in [0.29, 0.717) is 52.3 Å². The number of aromatic nitrogens is 3. The fourth-order valence-electron chi connectivity index (χ4n) is 4.42. The first-order valence-corrected chi connectivity index (χ1v) is 13.1. The number of alkyl halides is 3. The predicted octanol–water partition coefficient (Wildman–Crippen LogP) is 5.76. The first kappa shape index (κ1) is 29.7. The van der Waals surface area contributed by atoms with Gasteiger partial charge in [0.25, 0.3) is 0 Å². The Kier molecular flexibility index (Phi) is 9.01. The summed E-state index contributed by atoms with van der Waals surface area (Å²) in [4.78, 5) is 25.4. The molecule has 4 aromatic rings. The van der Waals surface area contributed by atoms with Crippen LogP contribution in [-0.2, 0) is 11.3 Å². The van der Waals surface area contributed by atoms with Gasteiger partial charge in [-0.05, 0) is 32.3 Å². The van der Waals surface area contributed by atoms with Gasteiger partial charge in [0.05, 0.1) is 29.9 Å². The van der Waals surface area contributed by atoms with Crippen LogP contribution in [0.4, 0.5) is 36.2 Å². The Hall–Kier alpha value is -4.32. The fourth-order valence-corrected chi connectivity index (χ4v) is 4.42. The molecule has 2 heterocycles. The summed E-state index contributed by atoms with van der Waals surface area (Å²) < 4.78 is 46.6. The van der Waals surface area contributed by atoms with Gasteiger partial charge >= 0.3 is 6.18 Å². The maximum Gasteiger partial charge on any atom is 0.406 e. The molecule has 218 valence electrons. The molecule has 2 aromatic heterocycles. The Bertz CT molecular complexity index is 1520. The number of methoxy groups -OCH3 is 1. The Morgan fingerprint density at radius 1 is 1.07 bits per heavy atom. The molecule has 2 aromatic carbocycles. The fraction of sp³-hybridized carbons (Fsp3) is 0.345. The van der Waals surface area contributed by atoms with E-state index in [-0.39, 0.29) is 11.9 Å². The van der Waals surface area contributed by atoms with Crippen molar-refractivity contribution in [3.63, 3.8) is 0 Å². The van der Waals surface area contributed by atoms with E-state index < -0.39 is 12.7 Å². The molecule has 0 radical (unpaired) electrons. The second kappa shape index (κ2) is 12.5. The summed E-state index contributed by atoms with van der Waals surface area (Å²) in [6.45, 7) is 2.19. The van der Waals surface area contributed by atoms with Crippen molar-refractivity contribution in [2.45, 2.75) is 26.1 Å². The Labute approximate surface area is 236 Å². The highest BCUT2D eigenvalue weighted by molar-refractivity contribution is 5.97. The van der Waals surface area contributed by atoms with E-state index in [2.05, 4.69) is 25.5 Å². The summed E-state index contributed by atoms with van der Waals surface area (Å²) in [7, 11) is 7.46. The molecule has 0 fully saturated rings. The van der Waals surface area contributed by atoms with Gasteiger partial charge in [-0.3, -0.25) is 4.79 Å². The zero-order valence-corrected chi connectivity index (χ0v) is 23.7. The van der Waals surface area contributed by atoms with Crippen molar-refractivity contribution < 1.29 is 22.7 Å². The molecular weight excluding hydrogens is 535 g/mol. The molecule has 0 saturated carbocycles. The van der Waals surface area contributed by atoms with Crippen LogP contribution in [0.1, 0.15) is 13.3 Å². The number of rotatable bonds is 11. The quantitative estimate of drug-likeness (QED) is 0.238. The van der Waals surface area contributed by atoms with Crippen LogP contribution in [0.15, 0.2) is 54.9 Å². The molecule has 12 heteroatoms. The van der Waals surface area contributed by atoms with Gasteiger partial charge in [-0.1, -0.05) is 25.1 Å². The molecule has 1 amide bonds. The molecular formula is C29H34F3N7O2. The number of carbonyl (C=O) groups excluding carboxylic acids is 1. The molecule has 0 unspecified atom stereocenters. The standard InChI is InChI=1S/C29H34F3N7O2/c1-6-27(40)34-22-15-23(26(41-5)16-25(22)38(4)14-13-37(2)3)36-28-33-12-11-21(35-28)20-17-39(18-29(30,31)32)24-10-8-7-9-19(20)24/h7-12,15-17H,6,13-14,18H2,1-5H3,(H,34,40)(H,33,35,36). The van der Waals surface area contributed by atoms with E-state index in [0.717, 1.165) is 12.2 Å². The maximum absolute atomic E-state index is 13.3. The average molecular weight is 570 g/mol. The van der Waals surface area contributed by atoms with E-state index in [9.17, 15) is 18.0 Å². The van der Waals surface area contributed by atoms with Gasteiger partial charge in [0.1, 0.15) is 12.3 Å². The van der Waals surface area contributed by atoms with Crippen LogP contribution in [0.5, 0.6) is 5.75 Å². The van der Waals surface area contributed by atoms with Crippen molar-refractivity contribution in [1.29, 1.82) is 0 Å². The van der Waals surface area contributed by atoms with Crippen LogP contribution >= 0.6 is 0 Å². The molecule has 0 bridgehead atoms. The summed E-state index contributed by atoms with van der Waals surface area (Å²) in [6, 6.07) is 12.1. The van der Waals surface area contributed by atoms with E-state index in [1.807, 2.05) is 32.1 Å². The van der Waals surface area contributed by atoms with Crippen LogP contribution in [0.25, 0.3) is 22.2 Å². The lowest BCUT2D eigenvalue weighted by Crippen LogP contribution is -2.29. The smallest absolute Gasteiger partial charge is 0.406 e. The highest BCUT2D eigenvalue weighted by Crippen LogP contribution is 2.38. The summed E-state index contributed by atoms with van der Waals surface area (Å²) >= 11 is 0. The number of nitrogens with zero attached hydrogens (tertiary/aromatic N) is 5. The van der Waals surface area contributed by atoms with E-state index in [1.165, 1.54) is 17.0 Å². The molecule has 41 heavy (non-hydrogen) atoms. The number of benzene rings is 2. The van der Waals surface area contributed by atoms with Crippen LogP contribution in [0.3, 0.4) is 0 Å². The lowest BCUT2D eigenvalue weighted by atomic mass is 10.1. The minimum atomic E-state index is -4.37. The Morgan fingerprint density at radius 3 is 2.51 bits per heavy atom. The van der Waals surface area contributed by atoms with Crippen molar-refractivity contribution in [2.24, 2.45) is 0 Å². The molecule has 0 atom stereocenters. The van der Waals surface area contributed by atoms with Crippen molar-refractivity contribution in [2.75, 3.05) is 56.9 Å². The Balaban J connectivity index is 1.71. The molecule has 0 aliphatic rings. The van der Waals surface area contributed by atoms with Crippen molar-refractivity contribution >= 4 is 39.8 Å². The van der Waals surface area contributed by atoms with Crippen molar-refractivity contribution in [1.82, 2.24) is 19.4 Å². The number of hydrogen-bond acceptors (Lipinski definition) is 7. The van der Waals surface area contributed by atoms with Gasteiger partial charge in [0, 0.05) is 61.5 Å². The minimum absolute atomic E-state index is 0.142. The molecule has 4 rings (SSSR count). The SMILES string of the molecule is CCC(=O)Nc1cc(Nc2nccc(-c3cn(CC(F)(F)F)c4ccccc34)n2)c(OC)cc1N(C)CCN(C)C. The molecule has 9 nitrogen and oxygen atoms in total. The first-order chi connectivity index (χ1) is 19.5. The number of ether oxygens (including phenoxy) is 1. The van der Waals surface area contributed by atoms with E-state index in [1.54, 1.807) is 50.4 Å². The third-order valence-electron chi connectivity index (χ3n) is 6.52. The van der Waals surface area contributed by atoms with Crippen molar-refractivity contribution in [3.8, 4) is 17.0 Å². The predicted molar refractivity (Wildman–Crippen MR) is 156 cm³/mol. The lowest BCUT2D eigenvalue weighted by molar-refractivity contribution is -0.139. The Morgan fingerprint density at radius 2 is 1.83 bits per heavy atom. The maximum atomic E-state index is 13.3. The number of likely N-dealkylation sites (N-methyl/N-ethyl adjacent to an activating group) is 2. The van der Waals surface area contributed by atoms with Gasteiger partial charge in [0.2, 0.25) is 11.9 Å². The second-order valence-electron chi connectivity index (χ2n) is 9.89. The largest absolute Gasteiger partial charge is 0.494 e. The summed E-state index contributed by atoms with van der Waals surface area (Å²) in [5.74, 6) is 0.578. The first-order valence-electron chi connectivity index (χ1n) is 13.1. The number of nitrogens with one attached hydrogen (secondary N) is 2. The highest BCUT2D eigenvalue weighted by Gasteiger charge is 2.29. The monoisotopic (exact) mass is 569 g/mol. The second-order valence-corrected chi connectivity index (χ2v) is 9.89. The zero-order valence-electron chi connectivity index (χ0n) is 23.7. The van der Waals surface area contributed by atoms with Crippen LogP contribution in [0.2, 0.25) is 0 Å². The molecule has 0 saturated heterocycles. The van der Waals surface area contributed by atoms with Crippen LogP contribution < -0.4 is 20.3 Å². The summed E-state index contributed by atoms with van der Waals surface area (Å²) in [6.07, 6.45) is -1.06. The third kappa shape index (κ3) is 7.26. The number of amides is 1. The number of para-hydroxylation sites is 1. The van der Waals surface area contributed by atoms with Crippen LogP contribution in [-0.4, -0.2) is 72.9 Å². The summed E-state index contributed by atoms with van der Waals surface area (Å²) in [5, 5.41) is 6.77. The third-order valence-corrected chi connectivity index (χ3v) is 6.52. The average Bonchev–Trinajstić information content (AvgIpc) is 3.29. The minimum Gasteiger partial charge on any atom is -0.494 e. The topological polar surface area (TPSA) is 87.5 Å².